The highest BCUT2D eigenvalue weighted by Crippen LogP contribution is 2.40. The highest BCUT2D eigenvalue weighted by Gasteiger charge is 2.26. The van der Waals surface area contributed by atoms with Crippen molar-refractivity contribution < 1.29 is 14.2 Å². The van der Waals surface area contributed by atoms with E-state index in [0.29, 0.717) is 36.8 Å². The third kappa shape index (κ3) is 2.06. The highest BCUT2D eigenvalue weighted by molar-refractivity contribution is 5.86. The van der Waals surface area contributed by atoms with E-state index in [0.717, 1.165) is 29.7 Å². The first kappa shape index (κ1) is 12.6. The van der Waals surface area contributed by atoms with Crippen LogP contribution in [-0.4, -0.2) is 35.9 Å². The predicted octanol–water partition coefficient (Wildman–Crippen LogP) is 1.33. The van der Waals surface area contributed by atoms with Gasteiger partial charge in [0.15, 0.2) is 11.5 Å². The van der Waals surface area contributed by atoms with Crippen LogP contribution < -0.4 is 15.0 Å². The normalized spacial score (nSPS) is 20.5. The van der Waals surface area contributed by atoms with Gasteiger partial charge in [0.2, 0.25) is 0 Å². The van der Waals surface area contributed by atoms with E-state index in [4.69, 9.17) is 14.2 Å². The Kier molecular flexibility index (Phi) is 2.85. The van der Waals surface area contributed by atoms with E-state index in [1.807, 2.05) is 0 Å². The molecule has 4 rings (SSSR count). The smallest absolute Gasteiger partial charge is 0.258 e. The molecule has 0 spiro atoms. The van der Waals surface area contributed by atoms with E-state index < -0.39 is 0 Å². The lowest BCUT2D eigenvalue weighted by molar-refractivity contribution is 0.138. The van der Waals surface area contributed by atoms with Crippen LogP contribution in [-0.2, 0) is 11.2 Å². The molecule has 0 amide bonds. The number of nitrogens with one attached hydrogen (secondary N) is 1. The molecule has 6 heteroatoms. The molecule has 3 heterocycles. The van der Waals surface area contributed by atoms with Gasteiger partial charge in [-0.15, -0.1) is 0 Å². The zero-order chi connectivity index (χ0) is 14.4. The number of hydrogen-bond acceptors (Lipinski definition) is 5. The number of hydrogen-bond donors (Lipinski definition) is 1. The first-order valence-corrected chi connectivity index (χ1v) is 7.16. The van der Waals surface area contributed by atoms with E-state index in [2.05, 4.69) is 9.97 Å². The third-order valence-electron chi connectivity index (χ3n) is 3.91. The molecule has 1 atom stereocenters. The molecule has 0 bridgehead atoms. The Balaban J connectivity index is 1.89. The molecule has 21 heavy (non-hydrogen) atoms. The van der Waals surface area contributed by atoms with Gasteiger partial charge in [0.1, 0.15) is 11.9 Å². The van der Waals surface area contributed by atoms with Crippen molar-refractivity contribution in [1.82, 2.24) is 9.97 Å². The first-order chi connectivity index (χ1) is 10.2. The highest BCUT2D eigenvalue weighted by atomic mass is 16.6. The average Bonchev–Trinajstić information content (AvgIpc) is 3.10. The minimum atomic E-state index is -0.139. The molecule has 0 saturated carbocycles. The SMILES string of the molecule is Cc1nc2c3c(c(OC4CCOC4)cc2c(=O)[nH]1)OCC3. The fraction of sp³-hybridized carbons (Fsp3) is 0.467. The molecule has 1 N–H and O–H groups in total. The Morgan fingerprint density at radius 2 is 2.33 bits per heavy atom. The molecule has 0 radical (unpaired) electrons. The summed E-state index contributed by atoms with van der Waals surface area (Å²) in [6.45, 7) is 3.67. The quantitative estimate of drug-likeness (QED) is 0.902. The van der Waals surface area contributed by atoms with Gasteiger partial charge in [0, 0.05) is 18.4 Å². The first-order valence-electron chi connectivity index (χ1n) is 7.16. The van der Waals surface area contributed by atoms with Crippen LogP contribution in [0.4, 0.5) is 0 Å². The summed E-state index contributed by atoms with van der Waals surface area (Å²) in [6, 6.07) is 1.74. The van der Waals surface area contributed by atoms with Crippen molar-refractivity contribution in [3.05, 3.63) is 27.8 Å². The summed E-state index contributed by atoms with van der Waals surface area (Å²) in [5.41, 5.74) is 1.55. The number of benzene rings is 1. The Bertz CT molecular complexity index is 762. The number of fused-ring (bicyclic) bond motifs is 3. The summed E-state index contributed by atoms with van der Waals surface area (Å²) >= 11 is 0. The maximum atomic E-state index is 12.2. The average molecular weight is 288 g/mol. The second-order valence-electron chi connectivity index (χ2n) is 5.43. The van der Waals surface area contributed by atoms with Crippen molar-refractivity contribution in [2.24, 2.45) is 0 Å². The van der Waals surface area contributed by atoms with Crippen LogP contribution in [0.1, 0.15) is 17.8 Å². The minimum Gasteiger partial charge on any atom is -0.489 e. The molecule has 6 nitrogen and oxygen atoms in total. The maximum Gasteiger partial charge on any atom is 0.258 e. The van der Waals surface area contributed by atoms with Crippen molar-refractivity contribution in [1.29, 1.82) is 0 Å². The zero-order valence-electron chi connectivity index (χ0n) is 11.8. The number of rotatable bonds is 2. The van der Waals surface area contributed by atoms with Crippen molar-refractivity contribution in [2.45, 2.75) is 25.9 Å². The summed E-state index contributed by atoms with van der Waals surface area (Å²) in [7, 11) is 0. The number of aromatic nitrogens is 2. The van der Waals surface area contributed by atoms with Gasteiger partial charge in [-0.05, 0) is 13.0 Å². The van der Waals surface area contributed by atoms with Crippen LogP contribution in [0, 0.1) is 6.92 Å². The zero-order valence-corrected chi connectivity index (χ0v) is 11.8. The predicted molar refractivity (Wildman–Crippen MR) is 76.2 cm³/mol. The van der Waals surface area contributed by atoms with Gasteiger partial charge in [0.05, 0.1) is 30.7 Å². The van der Waals surface area contributed by atoms with E-state index in [-0.39, 0.29) is 11.7 Å². The van der Waals surface area contributed by atoms with Crippen LogP contribution in [0.3, 0.4) is 0 Å². The third-order valence-corrected chi connectivity index (χ3v) is 3.91. The standard InChI is InChI=1S/C15H16N2O4/c1-8-16-13-10-3-5-20-14(10)12(6-11(13)15(18)17-8)21-9-2-4-19-7-9/h6,9H,2-5,7H2,1H3,(H,16,17,18). The molecule has 1 unspecified atom stereocenters. The molecule has 0 aliphatic carbocycles. The number of aryl methyl sites for hydroxylation is 1. The molecular weight excluding hydrogens is 272 g/mol. The monoisotopic (exact) mass is 288 g/mol. The van der Waals surface area contributed by atoms with Crippen molar-refractivity contribution in [2.75, 3.05) is 19.8 Å². The molecule has 1 fully saturated rings. The summed E-state index contributed by atoms with van der Waals surface area (Å²) < 4.78 is 17.0. The fourth-order valence-corrected chi connectivity index (χ4v) is 2.93. The van der Waals surface area contributed by atoms with Gasteiger partial charge in [0.25, 0.3) is 5.56 Å². The lowest BCUT2D eigenvalue weighted by atomic mass is 10.1. The molecule has 2 aliphatic heterocycles. The number of aromatic amines is 1. The summed E-state index contributed by atoms with van der Waals surface area (Å²) in [6.07, 6.45) is 1.63. The largest absolute Gasteiger partial charge is 0.489 e. The van der Waals surface area contributed by atoms with Gasteiger partial charge >= 0.3 is 0 Å². The van der Waals surface area contributed by atoms with Crippen LogP contribution in [0.25, 0.3) is 10.9 Å². The molecule has 1 aromatic carbocycles. The number of ether oxygens (including phenoxy) is 3. The van der Waals surface area contributed by atoms with Crippen molar-refractivity contribution >= 4 is 10.9 Å². The van der Waals surface area contributed by atoms with Crippen molar-refractivity contribution in [3.8, 4) is 11.5 Å². The summed E-state index contributed by atoms with van der Waals surface area (Å²) in [5.74, 6) is 1.97. The molecule has 1 aromatic heterocycles. The minimum absolute atomic E-state index is 0.0215. The van der Waals surface area contributed by atoms with E-state index in [1.165, 1.54) is 0 Å². The van der Waals surface area contributed by atoms with Crippen molar-refractivity contribution in [3.63, 3.8) is 0 Å². The van der Waals surface area contributed by atoms with E-state index in [1.54, 1.807) is 13.0 Å². The molecule has 110 valence electrons. The van der Waals surface area contributed by atoms with Gasteiger partial charge < -0.3 is 19.2 Å². The Hall–Kier alpha value is -2.08. The molecular formula is C15H16N2O4. The van der Waals surface area contributed by atoms with Crippen LogP contribution in [0.2, 0.25) is 0 Å². The maximum absolute atomic E-state index is 12.2. The number of H-pyrrole nitrogens is 1. The van der Waals surface area contributed by atoms with E-state index >= 15 is 0 Å². The number of nitrogens with zero attached hydrogens (tertiary/aromatic N) is 1. The lowest BCUT2D eigenvalue weighted by Crippen LogP contribution is -2.17. The van der Waals surface area contributed by atoms with Crippen LogP contribution in [0.5, 0.6) is 11.5 Å². The van der Waals surface area contributed by atoms with Gasteiger partial charge in [-0.2, -0.15) is 0 Å². The molecule has 2 aliphatic rings. The van der Waals surface area contributed by atoms with E-state index in [9.17, 15) is 4.79 Å². The van der Waals surface area contributed by atoms with Crippen LogP contribution >= 0.6 is 0 Å². The Morgan fingerprint density at radius 3 is 3.14 bits per heavy atom. The fourth-order valence-electron chi connectivity index (χ4n) is 2.93. The lowest BCUT2D eigenvalue weighted by Gasteiger charge is -2.15. The summed E-state index contributed by atoms with van der Waals surface area (Å²) in [4.78, 5) is 19.4. The molecule has 2 aromatic rings. The molecule has 1 saturated heterocycles. The summed E-state index contributed by atoms with van der Waals surface area (Å²) in [5, 5.41) is 0.554. The van der Waals surface area contributed by atoms with Gasteiger partial charge in [-0.1, -0.05) is 0 Å². The second-order valence-corrected chi connectivity index (χ2v) is 5.43. The van der Waals surface area contributed by atoms with Crippen LogP contribution in [0.15, 0.2) is 10.9 Å². The second kappa shape index (κ2) is 4.73. The topological polar surface area (TPSA) is 73.4 Å². The Morgan fingerprint density at radius 1 is 1.43 bits per heavy atom. The Labute approximate surface area is 121 Å². The van der Waals surface area contributed by atoms with Gasteiger partial charge in [-0.3, -0.25) is 4.79 Å². The van der Waals surface area contributed by atoms with Gasteiger partial charge in [-0.25, -0.2) is 4.98 Å².